The van der Waals surface area contributed by atoms with Gasteiger partial charge in [0.2, 0.25) is 0 Å². The van der Waals surface area contributed by atoms with Crippen LogP contribution in [-0.2, 0) is 6.54 Å². The molecule has 3 nitrogen and oxygen atoms in total. The van der Waals surface area contributed by atoms with Crippen LogP contribution in [0.5, 0.6) is 5.75 Å². The molecule has 0 unspecified atom stereocenters. The molecular formula is C18H18BrN2OS-. The van der Waals surface area contributed by atoms with E-state index in [1.165, 1.54) is 10.4 Å². The summed E-state index contributed by atoms with van der Waals surface area (Å²) in [5.74, 6) is 0.860. The molecule has 0 fully saturated rings. The predicted molar refractivity (Wildman–Crippen MR) is 92.6 cm³/mol. The second-order valence-electron chi connectivity index (χ2n) is 4.99. The maximum absolute atomic E-state index is 5.20. The molecule has 0 bridgehead atoms. The third-order valence-corrected chi connectivity index (χ3v) is 4.38. The zero-order chi connectivity index (χ0) is 15.4. The number of ether oxygens (including phenoxy) is 1. The molecule has 23 heavy (non-hydrogen) atoms. The smallest absolute Gasteiger partial charge is 0.183 e. The molecule has 0 saturated heterocycles. The topological polar surface area (TPSA) is 34.1 Å². The molecule has 0 radical (unpaired) electrons. The van der Waals surface area contributed by atoms with Gasteiger partial charge < -0.3 is 27.0 Å². The number of halogens is 1. The largest absolute Gasteiger partial charge is 1.00 e. The lowest BCUT2D eigenvalue weighted by Gasteiger charge is -2.03. The zero-order valence-corrected chi connectivity index (χ0v) is 15.4. The Labute approximate surface area is 151 Å². The van der Waals surface area contributed by atoms with E-state index >= 15 is 0 Å². The van der Waals surface area contributed by atoms with Crippen LogP contribution in [0, 0.1) is 6.92 Å². The summed E-state index contributed by atoms with van der Waals surface area (Å²) in [5.41, 5.74) is 3.40. The summed E-state index contributed by atoms with van der Waals surface area (Å²) in [4.78, 5) is 5.93. The van der Waals surface area contributed by atoms with Crippen molar-refractivity contribution in [2.24, 2.45) is 0 Å². The number of rotatable bonds is 5. The lowest BCUT2D eigenvalue weighted by molar-refractivity contribution is -0.00000472. The van der Waals surface area contributed by atoms with E-state index in [1.54, 1.807) is 18.4 Å². The molecule has 2 aromatic carbocycles. The molecule has 0 aliphatic rings. The highest BCUT2D eigenvalue weighted by atomic mass is 79.9. The fraction of sp³-hybridized carbons (Fsp3) is 0.167. The van der Waals surface area contributed by atoms with Crippen molar-refractivity contribution in [2.45, 2.75) is 13.5 Å². The Morgan fingerprint density at radius 3 is 2.39 bits per heavy atom. The molecular weight excluding hydrogens is 372 g/mol. The fourth-order valence-electron chi connectivity index (χ4n) is 2.26. The Balaban J connectivity index is 0.00000192. The fourth-order valence-corrected chi connectivity index (χ4v) is 3.09. The van der Waals surface area contributed by atoms with Crippen LogP contribution in [0.4, 0.5) is 5.13 Å². The van der Waals surface area contributed by atoms with Gasteiger partial charge in [-0.05, 0) is 36.8 Å². The third kappa shape index (κ3) is 4.33. The first-order valence-corrected chi connectivity index (χ1v) is 7.97. The van der Waals surface area contributed by atoms with Gasteiger partial charge in [-0.3, -0.25) is 0 Å². The summed E-state index contributed by atoms with van der Waals surface area (Å²) < 4.78 is 5.20. The molecule has 0 saturated carbocycles. The molecule has 0 amide bonds. The number of aromatic nitrogens is 1. The van der Waals surface area contributed by atoms with Crippen molar-refractivity contribution in [3.8, 4) is 17.0 Å². The number of anilines is 1. The van der Waals surface area contributed by atoms with E-state index in [0.29, 0.717) is 0 Å². The number of hydrogen-bond donors (Lipinski definition) is 1. The van der Waals surface area contributed by atoms with E-state index in [-0.39, 0.29) is 17.0 Å². The maximum atomic E-state index is 5.20. The summed E-state index contributed by atoms with van der Waals surface area (Å²) in [7, 11) is 1.68. The molecule has 1 heterocycles. The van der Waals surface area contributed by atoms with Gasteiger partial charge in [0.25, 0.3) is 0 Å². The van der Waals surface area contributed by atoms with E-state index in [1.807, 2.05) is 42.5 Å². The van der Waals surface area contributed by atoms with Crippen LogP contribution in [0.2, 0.25) is 0 Å². The van der Waals surface area contributed by atoms with Gasteiger partial charge in [0.1, 0.15) is 5.75 Å². The van der Waals surface area contributed by atoms with Crippen molar-refractivity contribution in [3.63, 3.8) is 0 Å². The normalized spacial score (nSPS) is 10.0. The Morgan fingerprint density at radius 2 is 1.74 bits per heavy atom. The molecule has 0 aliphatic carbocycles. The predicted octanol–water partition coefficient (Wildman–Crippen LogP) is 1.74. The Morgan fingerprint density at radius 1 is 1.04 bits per heavy atom. The van der Waals surface area contributed by atoms with E-state index in [4.69, 9.17) is 9.72 Å². The van der Waals surface area contributed by atoms with Gasteiger partial charge in [-0.25, -0.2) is 4.98 Å². The number of benzene rings is 2. The summed E-state index contributed by atoms with van der Waals surface area (Å²) >= 11 is 1.68. The molecule has 3 aromatic rings. The van der Waals surface area contributed by atoms with Crippen molar-refractivity contribution in [3.05, 3.63) is 65.0 Å². The van der Waals surface area contributed by atoms with E-state index in [9.17, 15) is 0 Å². The number of thiazole rings is 1. The van der Waals surface area contributed by atoms with Crippen molar-refractivity contribution >= 4 is 16.5 Å². The molecule has 3 rings (SSSR count). The second-order valence-corrected chi connectivity index (χ2v) is 6.19. The number of nitrogens with one attached hydrogen (secondary N) is 1. The van der Waals surface area contributed by atoms with Crippen LogP contribution >= 0.6 is 11.3 Å². The van der Waals surface area contributed by atoms with Crippen LogP contribution in [0.15, 0.2) is 54.6 Å². The first-order chi connectivity index (χ1) is 10.8. The standard InChI is InChI=1S/C18H18N2OS.BrH/c1-13-17(15-8-10-16(21-2)11-9-15)20-18(22-13)19-12-14-6-4-3-5-7-14;/h3-11H,12H2,1-2H3,(H,19,20);1H/p-1. The van der Waals surface area contributed by atoms with Gasteiger partial charge in [-0.1, -0.05) is 30.3 Å². The number of aryl methyl sites for hydroxylation is 1. The van der Waals surface area contributed by atoms with E-state index in [2.05, 4.69) is 24.4 Å². The highest BCUT2D eigenvalue weighted by molar-refractivity contribution is 7.15. The summed E-state index contributed by atoms with van der Waals surface area (Å²) in [6.45, 7) is 2.89. The van der Waals surface area contributed by atoms with Gasteiger partial charge >= 0.3 is 0 Å². The Bertz CT molecular complexity index is 741. The first kappa shape index (κ1) is 17.5. The maximum Gasteiger partial charge on any atom is 0.183 e. The summed E-state index contributed by atoms with van der Waals surface area (Å²) in [5, 5.41) is 4.35. The Hall–Kier alpha value is -1.85. The van der Waals surface area contributed by atoms with E-state index in [0.717, 1.165) is 28.7 Å². The summed E-state index contributed by atoms with van der Waals surface area (Å²) in [6.07, 6.45) is 0. The van der Waals surface area contributed by atoms with Crippen LogP contribution in [0.25, 0.3) is 11.3 Å². The van der Waals surface area contributed by atoms with Crippen LogP contribution in [0.1, 0.15) is 10.4 Å². The first-order valence-electron chi connectivity index (χ1n) is 7.16. The monoisotopic (exact) mass is 389 g/mol. The SMILES string of the molecule is COc1ccc(-c2nc(NCc3ccccc3)sc2C)cc1.[Br-]. The summed E-state index contributed by atoms with van der Waals surface area (Å²) in [6, 6.07) is 18.4. The van der Waals surface area contributed by atoms with Crippen molar-refractivity contribution in [1.29, 1.82) is 0 Å². The van der Waals surface area contributed by atoms with Crippen LogP contribution in [0.3, 0.4) is 0 Å². The minimum absolute atomic E-state index is 0. The lowest BCUT2D eigenvalue weighted by atomic mass is 10.1. The number of nitrogens with zero attached hydrogens (tertiary/aromatic N) is 1. The molecule has 0 aliphatic heterocycles. The highest BCUT2D eigenvalue weighted by Gasteiger charge is 2.09. The van der Waals surface area contributed by atoms with Crippen LogP contribution in [-0.4, -0.2) is 12.1 Å². The van der Waals surface area contributed by atoms with Gasteiger partial charge in [0, 0.05) is 17.0 Å². The minimum atomic E-state index is 0. The van der Waals surface area contributed by atoms with Gasteiger partial charge in [0.05, 0.1) is 12.8 Å². The lowest BCUT2D eigenvalue weighted by Crippen LogP contribution is -3.00. The number of methoxy groups -OCH3 is 1. The molecule has 120 valence electrons. The van der Waals surface area contributed by atoms with Crippen molar-refractivity contribution in [2.75, 3.05) is 12.4 Å². The van der Waals surface area contributed by atoms with Gasteiger partial charge in [-0.2, -0.15) is 0 Å². The minimum Gasteiger partial charge on any atom is -1.00 e. The molecule has 0 spiro atoms. The highest BCUT2D eigenvalue weighted by Crippen LogP contribution is 2.31. The van der Waals surface area contributed by atoms with E-state index < -0.39 is 0 Å². The second kappa shape index (κ2) is 8.13. The molecule has 1 N–H and O–H groups in total. The average Bonchev–Trinajstić information content (AvgIpc) is 2.95. The third-order valence-electron chi connectivity index (χ3n) is 3.45. The van der Waals surface area contributed by atoms with Gasteiger partial charge in [-0.15, -0.1) is 11.3 Å². The zero-order valence-electron chi connectivity index (χ0n) is 13.0. The average molecular weight is 390 g/mol. The molecule has 0 atom stereocenters. The van der Waals surface area contributed by atoms with Crippen molar-refractivity contribution in [1.82, 2.24) is 4.98 Å². The Kier molecular flexibility index (Phi) is 6.19. The molecule has 1 aromatic heterocycles. The van der Waals surface area contributed by atoms with Crippen molar-refractivity contribution < 1.29 is 21.7 Å². The van der Waals surface area contributed by atoms with Crippen LogP contribution < -0.4 is 27.0 Å². The molecule has 5 heteroatoms. The van der Waals surface area contributed by atoms with Gasteiger partial charge in [0.15, 0.2) is 5.13 Å². The number of hydrogen-bond acceptors (Lipinski definition) is 4. The quantitative estimate of drug-likeness (QED) is 0.721.